The first kappa shape index (κ1) is 20.2. The molecule has 4 aromatic rings. The zero-order valence-electron chi connectivity index (χ0n) is 19.8. The van der Waals surface area contributed by atoms with Gasteiger partial charge in [0.05, 0.1) is 12.6 Å². The van der Waals surface area contributed by atoms with Crippen molar-refractivity contribution in [3.63, 3.8) is 0 Å². The molecule has 1 aromatic heterocycles. The van der Waals surface area contributed by atoms with Crippen LogP contribution < -0.4 is 4.74 Å². The summed E-state index contributed by atoms with van der Waals surface area (Å²) in [6.45, 7) is 3.28. The second-order valence-electron chi connectivity index (χ2n) is 10.6. The van der Waals surface area contributed by atoms with Gasteiger partial charge < -0.3 is 4.74 Å². The minimum absolute atomic E-state index is 0.131. The largest absolute Gasteiger partial charge is 0.497 e. The van der Waals surface area contributed by atoms with Crippen LogP contribution >= 0.6 is 0 Å². The van der Waals surface area contributed by atoms with E-state index < -0.39 is 0 Å². The normalized spacial score (nSPS) is 25.3. The van der Waals surface area contributed by atoms with Gasteiger partial charge in [0.25, 0.3) is 0 Å². The van der Waals surface area contributed by atoms with Crippen LogP contribution in [0.15, 0.2) is 78.9 Å². The number of para-hydroxylation sites is 1. The number of rotatable bonds is 3. The number of likely N-dealkylation sites (tertiary alicyclic amines) is 1. The number of fused-ring (bicyclic) bond motifs is 3. The summed E-state index contributed by atoms with van der Waals surface area (Å²) < 4.78 is 5.69. The van der Waals surface area contributed by atoms with E-state index in [0.29, 0.717) is 0 Å². The van der Waals surface area contributed by atoms with Crippen LogP contribution in [-0.2, 0) is 31.2 Å². The predicted octanol–water partition coefficient (Wildman–Crippen LogP) is 5.73. The third-order valence-electron chi connectivity index (χ3n) is 8.90. The number of hydrogen-bond acceptors (Lipinski definition) is 3. The van der Waals surface area contributed by atoms with Gasteiger partial charge in [-0.1, -0.05) is 54.6 Å². The molecular weight excluding hydrogens is 416 g/mol. The lowest BCUT2D eigenvalue weighted by molar-refractivity contribution is -0.000495. The van der Waals surface area contributed by atoms with Crippen molar-refractivity contribution >= 4 is 10.9 Å². The van der Waals surface area contributed by atoms with Crippen LogP contribution in [0.5, 0.6) is 5.75 Å². The SMILES string of the molecule is COc1ccc2c(c1)C13CCN(Cc4ccccc4)CC1(C2)Cc1cc2ccccc2nc1C3. The summed E-state index contributed by atoms with van der Waals surface area (Å²) >= 11 is 0. The van der Waals surface area contributed by atoms with E-state index in [0.717, 1.165) is 50.2 Å². The first-order valence-electron chi connectivity index (χ1n) is 12.5. The molecule has 170 valence electrons. The Morgan fingerprint density at radius 3 is 2.59 bits per heavy atom. The molecule has 0 saturated carbocycles. The maximum atomic E-state index is 5.69. The van der Waals surface area contributed by atoms with Crippen LogP contribution in [0, 0.1) is 5.41 Å². The van der Waals surface area contributed by atoms with Crippen molar-refractivity contribution in [1.82, 2.24) is 9.88 Å². The molecule has 7 rings (SSSR count). The molecule has 1 saturated heterocycles. The summed E-state index contributed by atoms with van der Waals surface area (Å²) in [5.74, 6) is 0.980. The fraction of sp³-hybridized carbons (Fsp3) is 0.323. The van der Waals surface area contributed by atoms with Crippen molar-refractivity contribution in [1.29, 1.82) is 0 Å². The fourth-order valence-corrected chi connectivity index (χ4v) is 7.36. The van der Waals surface area contributed by atoms with E-state index in [9.17, 15) is 0 Å². The van der Waals surface area contributed by atoms with E-state index in [4.69, 9.17) is 9.72 Å². The minimum Gasteiger partial charge on any atom is -0.497 e. The Labute approximate surface area is 201 Å². The predicted molar refractivity (Wildman–Crippen MR) is 136 cm³/mol. The lowest BCUT2D eigenvalue weighted by Crippen LogP contribution is -2.59. The average Bonchev–Trinajstić information content (AvgIpc) is 3.15. The van der Waals surface area contributed by atoms with Gasteiger partial charge in [0.2, 0.25) is 0 Å². The summed E-state index contributed by atoms with van der Waals surface area (Å²) in [6.07, 6.45) is 4.45. The van der Waals surface area contributed by atoms with Crippen LogP contribution in [-0.4, -0.2) is 30.1 Å². The van der Waals surface area contributed by atoms with Crippen LogP contribution in [0.4, 0.5) is 0 Å². The maximum Gasteiger partial charge on any atom is 0.119 e. The van der Waals surface area contributed by atoms with Crippen molar-refractivity contribution in [2.45, 2.75) is 37.6 Å². The zero-order valence-corrected chi connectivity index (χ0v) is 19.8. The Hall–Kier alpha value is -3.17. The van der Waals surface area contributed by atoms with Gasteiger partial charge >= 0.3 is 0 Å². The molecule has 3 heteroatoms. The molecule has 0 bridgehead atoms. The number of benzene rings is 3. The van der Waals surface area contributed by atoms with Crippen molar-refractivity contribution in [2.24, 2.45) is 5.41 Å². The molecule has 0 radical (unpaired) electrons. The zero-order chi connectivity index (χ0) is 22.8. The van der Waals surface area contributed by atoms with Crippen molar-refractivity contribution in [3.8, 4) is 5.75 Å². The summed E-state index contributed by atoms with van der Waals surface area (Å²) in [6, 6.07) is 28.8. The van der Waals surface area contributed by atoms with Gasteiger partial charge in [0.1, 0.15) is 5.75 Å². The molecule has 0 N–H and O–H groups in total. The monoisotopic (exact) mass is 446 g/mol. The molecular formula is C31H30N2O. The third-order valence-corrected chi connectivity index (χ3v) is 8.90. The minimum atomic E-state index is 0.131. The lowest BCUT2D eigenvalue weighted by atomic mass is 9.52. The molecule has 2 atom stereocenters. The standard InChI is InChI=1S/C31H30N2O/c1-34-26-12-11-24-17-30-18-25-15-23-9-5-6-10-28(23)32-29(25)19-31(30,27(24)16-26)13-14-33(21-30)20-22-7-3-2-4-8-22/h2-12,15-16H,13-14,17-21H2,1H3. The number of nitrogens with zero attached hydrogens (tertiary/aromatic N) is 2. The topological polar surface area (TPSA) is 25.4 Å². The third kappa shape index (κ3) is 2.89. The Bertz CT molecular complexity index is 1400. The Morgan fingerprint density at radius 1 is 0.882 bits per heavy atom. The molecule has 2 unspecified atom stereocenters. The molecule has 0 spiro atoms. The second kappa shape index (κ2) is 7.41. The highest BCUT2D eigenvalue weighted by Gasteiger charge is 2.61. The van der Waals surface area contributed by atoms with Gasteiger partial charge in [-0.15, -0.1) is 0 Å². The summed E-state index contributed by atoms with van der Waals surface area (Å²) in [4.78, 5) is 7.92. The highest BCUT2D eigenvalue weighted by molar-refractivity contribution is 5.79. The van der Waals surface area contributed by atoms with Gasteiger partial charge in [-0.2, -0.15) is 0 Å². The summed E-state index contributed by atoms with van der Waals surface area (Å²) in [5, 5.41) is 1.26. The molecule has 1 fully saturated rings. The van der Waals surface area contributed by atoms with Crippen LogP contribution in [0.1, 0.15) is 34.4 Å². The second-order valence-corrected chi connectivity index (χ2v) is 10.6. The Balaban J connectivity index is 1.35. The highest BCUT2D eigenvalue weighted by Crippen LogP contribution is 2.62. The molecule has 3 nitrogen and oxygen atoms in total. The number of methoxy groups -OCH3 is 1. The number of ether oxygens (including phenoxy) is 1. The molecule has 2 heterocycles. The number of piperidine rings is 1. The fourth-order valence-electron chi connectivity index (χ4n) is 7.36. The van der Waals surface area contributed by atoms with Gasteiger partial charge in [-0.3, -0.25) is 9.88 Å². The van der Waals surface area contributed by atoms with Gasteiger partial charge in [0.15, 0.2) is 0 Å². The lowest BCUT2D eigenvalue weighted by Gasteiger charge is -2.56. The van der Waals surface area contributed by atoms with Crippen LogP contribution in [0.3, 0.4) is 0 Å². The van der Waals surface area contributed by atoms with E-state index in [1.807, 2.05) is 0 Å². The van der Waals surface area contributed by atoms with E-state index in [2.05, 4.69) is 83.8 Å². The van der Waals surface area contributed by atoms with E-state index >= 15 is 0 Å². The average molecular weight is 447 g/mol. The van der Waals surface area contributed by atoms with E-state index in [1.165, 1.54) is 39.8 Å². The smallest absolute Gasteiger partial charge is 0.119 e. The number of hydrogen-bond donors (Lipinski definition) is 0. The Morgan fingerprint density at radius 2 is 1.71 bits per heavy atom. The first-order chi connectivity index (χ1) is 16.7. The number of aromatic nitrogens is 1. The molecule has 3 aromatic carbocycles. The highest BCUT2D eigenvalue weighted by atomic mass is 16.5. The molecule has 0 amide bonds. The van der Waals surface area contributed by atoms with E-state index in [1.54, 1.807) is 7.11 Å². The van der Waals surface area contributed by atoms with Crippen LogP contribution in [0.25, 0.3) is 10.9 Å². The van der Waals surface area contributed by atoms with Crippen LogP contribution in [0.2, 0.25) is 0 Å². The van der Waals surface area contributed by atoms with Crippen molar-refractivity contribution < 1.29 is 4.74 Å². The van der Waals surface area contributed by atoms with Crippen molar-refractivity contribution in [2.75, 3.05) is 20.2 Å². The van der Waals surface area contributed by atoms with E-state index in [-0.39, 0.29) is 10.8 Å². The summed E-state index contributed by atoms with van der Waals surface area (Å²) in [7, 11) is 1.79. The molecule has 3 aliphatic rings. The molecule has 2 aliphatic carbocycles. The molecule has 34 heavy (non-hydrogen) atoms. The quantitative estimate of drug-likeness (QED) is 0.402. The van der Waals surface area contributed by atoms with Gasteiger partial charge in [0, 0.05) is 41.4 Å². The first-order valence-corrected chi connectivity index (χ1v) is 12.5. The Kier molecular flexibility index (Phi) is 4.41. The maximum absolute atomic E-state index is 5.69. The summed E-state index contributed by atoms with van der Waals surface area (Å²) in [5.41, 5.74) is 8.66. The molecule has 1 aliphatic heterocycles. The van der Waals surface area contributed by atoms with Crippen molar-refractivity contribution in [3.05, 3.63) is 107 Å². The number of pyridine rings is 1. The van der Waals surface area contributed by atoms with Gasteiger partial charge in [-0.05, 0) is 72.3 Å². The van der Waals surface area contributed by atoms with Gasteiger partial charge in [-0.25, -0.2) is 0 Å².